The summed E-state index contributed by atoms with van der Waals surface area (Å²) in [6.07, 6.45) is -0.278. The van der Waals surface area contributed by atoms with Gasteiger partial charge in [-0.05, 0) is 62.6 Å². The molecule has 0 saturated heterocycles. The summed E-state index contributed by atoms with van der Waals surface area (Å²) >= 11 is 7.43. The minimum atomic E-state index is -0.278. The third-order valence-corrected chi connectivity index (χ3v) is 6.39. The molecule has 3 aromatic rings. The summed E-state index contributed by atoms with van der Waals surface area (Å²) in [4.78, 5) is 12.4. The van der Waals surface area contributed by atoms with E-state index in [4.69, 9.17) is 16.3 Å². The van der Waals surface area contributed by atoms with Gasteiger partial charge in [-0.25, -0.2) is 0 Å². The van der Waals surface area contributed by atoms with Crippen molar-refractivity contribution in [2.24, 2.45) is 7.05 Å². The number of anilines is 1. The number of benzene rings is 2. The Bertz CT molecular complexity index is 1070. The standard InChI is InChI=1S/C22H25ClN4O2S/c1-13-8-6-11-19(14(13)2)29-16(4)21-25-26-22(27(21)5)30-12-20(28)24-18-10-7-9-17(23)15(18)3/h6-11,16H,12H2,1-5H3,(H,24,28). The van der Waals surface area contributed by atoms with Crippen LogP contribution >= 0.6 is 23.4 Å². The lowest BCUT2D eigenvalue weighted by Crippen LogP contribution is -2.15. The van der Waals surface area contributed by atoms with Crippen molar-refractivity contribution in [3.05, 3.63) is 63.9 Å². The molecule has 3 rings (SSSR count). The lowest BCUT2D eigenvalue weighted by atomic mass is 10.1. The Morgan fingerprint density at radius 1 is 1.17 bits per heavy atom. The fourth-order valence-electron chi connectivity index (χ4n) is 2.96. The number of nitrogens with one attached hydrogen (secondary N) is 1. The third kappa shape index (κ3) is 4.96. The lowest BCUT2D eigenvalue weighted by molar-refractivity contribution is -0.113. The quantitative estimate of drug-likeness (QED) is 0.503. The number of carbonyl (C=O) groups is 1. The van der Waals surface area contributed by atoms with Gasteiger partial charge in [-0.2, -0.15) is 0 Å². The molecule has 1 atom stereocenters. The van der Waals surface area contributed by atoms with Crippen LogP contribution in [0, 0.1) is 20.8 Å². The van der Waals surface area contributed by atoms with Gasteiger partial charge in [-0.15, -0.1) is 10.2 Å². The zero-order valence-electron chi connectivity index (χ0n) is 17.7. The van der Waals surface area contributed by atoms with Gasteiger partial charge >= 0.3 is 0 Å². The molecule has 0 aliphatic carbocycles. The fraction of sp³-hybridized carbons (Fsp3) is 0.318. The molecule has 158 valence electrons. The van der Waals surface area contributed by atoms with Crippen LogP contribution in [0.5, 0.6) is 5.75 Å². The maximum Gasteiger partial charge on any atom is 0.234 e. The Kier molecular flexibility index (Phi) is 7.05. The van der Waals surface area contributed by atoms with E-state index in [1.165, 1.54) is 17.3 Å². The fourth-order valence-corrected chi connectivity index (χ4v) is 3.85. The maximum absolute atomic E-state index is 12.4. The Morgan fingerprint density at radius 2 is 1.90 bits per heavy atom. The van der Waals surface area contributed by atoms with Crippen LogP contribution in [-0.2, 0) is 11.8 Å². The van der Waals surface area contributed by atoms with Gasteiger partial charge in [0.1, 0.15) is 5.75 Å². The number of thioether (sulfide) groups is 1. The van der Waals surface area contributed by atoms with Crippen molar-refractivity contribution in [1.29, 1.82) is 0 Å². The smallest absolute Gasteiger partial charge is 0.234 e. The molecule has 6 nitrogen and oxygen atoms in total. The Labute approximate surface area is 186 Å². The maximum atomic E-state index is 12.4. The second-order valence-electron chi connectivity index (χ2n) is 7.11. The second kappa shape index (κ2) is 9.53. The van der Waals surface area contributed by atoms with E-state index in [0.717, 1.165) is 16.9 Å². The van der Waals surface area contributed by atoms with Gasteiger partial charge in [0, 0.05) is 17.8 Å². The SMILES string of the molecule is Cc1cccc(OC(C)c2nnc(SCC(=O)Nc3cccc(Cl)c3C)n2C)c1C. The van der Waals surface area contributed by atoms with Gasteiger partial charge in [0.2, 0.25) is 5.91 Å². The van der Waals surface area contributed by atoms with Crippen LogP contribution in [-0.4, -0.2) is 26.4 Å². The van der Waals surface area contributed by atoms with E-state index in [0.29, 0.717) is 21.7 Å². The molecule has 8 heteroatoms. The van der Waals surface area contributed by atoms with Crippen LogP contribution in [0.1, 0.15) is 35.5 Å². The van der Waals surface area contributed by atoms with Crippen molar-refractivity contribution in [2.45, 2.75) is 39.0 Å². The predicted molar refractivity (Wildman–Crippen MR) is 122 cm³/mol. The first kappa shape index (κ1) is 22.2. The number of rotatable bonds is 7. The highest BCUT2D eigenvalue weighted by Gasteiger charge is 2.19. The number of halogens is 1. The average Bonchev–Trinajstić information content (AvgIpc) is 3.08. The molecule has 0 aliphatic heterocycles. The molecule has 1 aromatic heterocycles. The molecule has 1 heterocycles. The number of aromatic nitrogens is 3. The van der Waals surface area contributed by atoms with Gasteiger partial charge in [-0.1, -0.05) is 41.6 Å². The summed E-state index contributed by atoms with van der Waals surface area (Å²) in [5, 5.41) is 12.7. The summed E-state index contributed by atoms with van der Waals surface area (Å²) in [5.74, 6) is 1.61. The minimum absolute atomic E-state index is 0.130. The molecule has 0 aliphatic rings. The molecule has 0 saturated carbocycles. The molecule has 0 bridgehead atoms. The number of ether oxygens (including phenoxy) is 1. The molecule has 0 fully saturated rings. The van der Waals surface area contributed by atoms with E-state index in [1.54, 1.807) is 6.07 Å². The lowest BCUT2D eigenvalue weighted by Gasteiger charge is -2.17. The van der Waals surface area contributed by atoms with Gasteiger partial charge in [-0.3, -0.25) is 4.79 Å². The topological polar surface area (TPSA) is 69.0 Å². The van der Waals surface area contributed by atoms with E-state index >= 15 is 0 Å². The summed E-state index contributed by atoms with van der Waals surface area (Å²) in [5.41, 5.74) is 3.84. The van der Waals surface area contributed by atoms with Crippen molar-refractivity contribution in [3.8, 4) is 5.75 Å². The molecular weight excluding hydrogens is 420 g/mol. The van der Waals surface area contributed by atoms with Gasteiger partial charge in [0.05, 0.1) is 5.75 Å². The summed E-state index contributed by atoms with van der Waals surface area (Å²) in [6, 6.07) is 11.4. The number of nitrogens with zero attached hydrogens (tertiary/aromatic N) is 3. The molecule has 0 radical (unpaired) electrons. The normalized spacial score (nSPS) is 11.9. The first-order valence-corrected chi connectivity index (χ1v) is 10.9. The molecule has 0 spiro atoms. The van der Waals surface area contributed by atoms with Crippen LogP contribution in [0.25, 0.3) is 0 Å². The largest absolute Gasteiger partial charge is 0.482 e. The molecule has 30 heavy (non-hydrogen) atoms. The van der Waals surface area contributed by atoms with Crippen molar-refractivity contribution >= 4 is 35.0 Å². The summed E-state index contributed by atoms with van der Waals surface area (Å²) < 4.78 is 7.97. The number of hydrogen-bond donors (Lipinski definition) is 1. The second-order valence-corrected chi connectivity index (χ2v) is 8.46. The highest BCUT2D eigenvalue weighted by atomic mass is 35.5. The Balaban J connectivity index is 1.63. The molecule has 2 aromatic carbocycles. The zero-order chi connectivity index (χ0) is 21.8. The van der Waals surface area contributed by atoms with Gasteiger partial charge in [0.25, 0.3) is 0 Å². The highest BCUT2D eigenvalue weighted by Crippen LogP contribution is 2.28. The van der Waals surface area contributed by atoms with Crippen LogP contribution in [0.2, 0.25) is 5.02 Å². The third-order valence-electron chi connectivity index (χ3n) is 4.97. The molecule has 1 N–H and O–H groups in total. The zero-order valence-corrected chi connectivity index (χ0v) is 19.3. The van der Waals surface area contributed by atoms with E-state index in [9.17, 15) is 4.79 Å². The number of amides is 1. The average molecular weight is 445 g/mol. The first-order chi connectivity index (χ1) is 14.3. The number of hydrogen-bond acceptors (Lipinski definition) is 5. The van der Waals surface area contributed by atoms with Crippen LogP contribution in [0.3, 0.4) is 0 Å². The highest BCUT2D eigenvalue weighted by molar-refractivity contribution is 7.99. The number of carbonyl (C=O) groups excluding carboxylic acids is 1. The van der Waals surface area contributed by atoms with Gasteiger partial charge in [0.15, 0.2) is 17.1 Å². The van der Waals surface area contributed by atoms with Crippen molar-refractivity contribution in [3.63, 3.8) is 0 Å². The van der Waals surface area contributed by atoms with E-state index < -0.39 is 0 Å². The van der Waals surface area contributed by atoms with Crippen LogP contribution in [0.15, 0.2) is 41.6 Å². The monoisotopic (exact) mass is 444 g/mol. The predicted octanol–water partition coefficient (Wildman–Crippen LogP) is 5.26. The Hall–Kier alpha value is -2.51. The van der Waals surface area contributed by atoms with Gasteiger partial charge < -0.3 is 14.6 Å². The Morgan fingerprint density at radius 3 is 2.67 bits per heavy atom. The van der Waals surface area contributed by atoms with Crippen LogP contribution < -0.4 is 10.1 Å². The summed E-state index contributed by atoms with van der Waals surface area (Å²) in [7, 11) is 1.87. The minimum Gasteiger partial charge on any atom is -0.482 e. The van der Waals surface area contributed by atoms with E-state index in [-0.39, 0.29) is 17.8 Å². The molecule has 1 amide bonds. The van der Waals surface area contributed by atoms with E-state index in [1.807, 2.05) is 56.7 Å². The molecular formula is C22H25ClN4O2S. The van der Waals surface area contributed by atoms with E-state index in [2.05, 4.69) is 28.5 Å². The number of aryl methyl sites for hydroxylation is 1. The molecule has 1 unspecified atom stereocenters. The van der Waals surface area contributed by atoms with Crippen molar-refractivity contribution in [2.75, 3.05) is 11.1 Å². The van der Waals surface area contributed by atoms with Crippen LogP contribution in [0.4, 0.5) is 5.69 Å². The van der Waals surface area contributed by atoms with Crippen molar-refractivity contribution < 1.29 is 9.53 Å². The van der Waals surface area contributed by atoms with Crippen molar-refractivity contribution in [1.82, 2.24) is 14.8 Å². The first-order valence-electron chi connectivity index (χ1n) is 9.57. The summed E-state index contributed by atoms with van der Waals surface area (Å²) in [6.45, 7) is 7.90.